The molecule has 0 aromatic heterocycles. The predicted octanol–water partition coefficient (Wildman–Crippen LogP) is 4.27. The molecule has 0 aliphatic carbocycles. The zero-order valence-corrected chi connectivity index (χ0v) is 16.5. The third-order valence-corrected chi connectivity index (χ3v) is 4.57. The van der Waals surface area contributed by atoms with Crippen LogP contribution in [0.25, 0.3) is 6.08 Å². The second kappa shape index (κ2) is 8.13. The number of Topliss-reactive ketones (excluding diaryl/α,β-unsaturated/α-hetero) is 1. The van der Waals surface area contributed by atoms with E-state index in [-0.39, 0.29) is 11.4 Å². The minimum absolute atomic E-state index is 0.0558. The normalized spacial score (nSPS) is 15.4. The summed E-state index contributed by atoms with van der Waals surface area (Å²) in [4.78, 5) is 27.1. The molecule has 0 atom stereocenters. The van der Waals surface area contributed by atoms with Crippen molar-refractivity contribution in [1.29, 1.82) is 0 Å². The second-order valence-electron chi connectivity index (χ2n) is 6.48. The van der Waals surface area contributed by atoms with Gasteiger partial charge < -0.3 is 14.4 Å². The largest absolute Gasteiger partial charge is 0.494 e. The first kappa shape index (κ1) is 19.4. The van der Waals surface area contributed by atoms with E-state index in [1.54, 1.807) is 17.9 Å². The number of benzene rings is 2. The Kier molecular flexibility index (Phi) is 5.64. The Labute approximate surface area is 164 Å². The molecular formula is C23H23NO4. The Morgan fingerprint density at radius 2 is 1.68 bits per heavy atom. The molecule has 0 saturated carbocycles. The number of ether oxygens (including phenoxy) is 2. The van der Waals surface area contributed by atoms with Gasteiger partial charge >= 0.3 is 5.97 Å². The molecule has 144 valence electrons. The molecule has 0 radical (unpaired) electrons. The number of hydrogen-bond acceptors (Lipinski definition) is 5. The van der Waals surface area contributed by atoms with E-state index in [0.29, 0.717) is 18.0 Å². The number of esters is 1. The van der Waals surface area contributed by atoms with E-state index in [2.05, 4.69) is 0 Å². The van der Waals surface area contributed by atoms with E-state index >= 15 is 0 Å². The van der Waals surface area contributed by atoms with E-state index in [1.807, 2.05) is 62.4 Å². The highest BCUT2D eigenvalue weighted by Crippen LogP contribution is 2.35. The predicted molar refractivity (Wildman–Crippen MR) is 109 cm³/mol. The monoisotopic (exact) mass is 377 g/mol. The summed E-state index contributed by atoms with van der Waals surface area (Å²) in [5.41, 5.74) is 3.78. The van der Waals surface area contributed by atoms with Gasteiger partial charge in [-0.1, -0.05) is 29.8 Å². The maximum absolute atomic E-state index is 13.0. The lowest BCUT2D eigenvalue weighted by Crippen LogP contribution is -2.18. The fourth-order valence-electron chi connectivity index (χ4n) is 3.17. The second-order valence-corrected chi connectivity index (χ2v) is 6.48. The van der Waals surface area contributed by atoms with Gasteiger partial charge in [0.25, 0.3) is 0 Å². The molecule has 5 nitrogen and oxygen atoms in total. The summed E-state index contributed by atoms with van der Waals surface area (Å²) in [7, 11) is 1.28. The van der Waals surface area contributed by atoms with Gasteiger partial charge in [0, 0.05) is 11.4 Å². The molecule has 0 saturated heterocycles. The van der Waals surface area contributed by atoms with Crippen molar-refractivity contribution in [3.63, 3.8) is 0 Å². The average Bonchev–Trinajstić information content (AvgIpc) is 2.93. The first-order valence-corrected chi connectivity index (χ1v) is 9.11. The SMILES string of the molecule is CCOc1ccc(C=C2C(=O)C(C(=O)OC)=C(C)N2c2ccc(C)cc2)cc1. The highest BCUT2D eigenvalue weighted by molar-refractivity contribution is 6.30. The average molecular weight is 377 g/mol. The van der Waals surface area contributed by atoms with E-state index in [1.165, 1.54) is 7.11 Å². The molecule has 0 amide bonds. The Morgan fingerprint density at radius 3 is 2.25 bits per heavy atom. The van der Waals surface area contributed by atoms with Crippen LogP contribution < -0.4 is 9.64 Å². The molecule has 28 heavy (non-hydrogen) atoms. The van der Waals surface area contributed by atoms with Crippen LogP contribution in [-0.2, 0) is 14.3 Å². The molecule has 0 N–H and O–H groups in total. The number of nitrogens with zero attached hydrogens (tertiary/aromatic N) is 1. The van der Waals surface area contributed by atoms with Crippen LogP contribution in [0.3, 0.4) is 0 Å². The summed E-state index contributed by atoms with van der Waals surface area (Å²) >= 11 is 0. The maximum atomic E-state index is 13.0. The molecule has 0 spiro atoms. The van der Waals surface area contributed by atoms with Crippen LogP contribution in [0, 0.1) is 6.92 Å². The third-order valence-electron chi connectivity index (χ3n) is 4.57. The van der Waals surface area contributed by atoms with E-state index in [4.69, 9.17) is 9.47 Å². The molecule has 0 fully saturated rings. The number of allylic oxidation sites excluding steroid dienone is 2. The summed E-state index contributed by atoms with van der Waals surface area (Å²) < 4.78 is 10.3. The first-order chi connectivity index (χ1) is 13.5. The number of hydrogen-bond donors (Lipinski definition) is 0. The Balaban J connectivity index is 2.07. The number of carbonyl (C=O) groups excluding carboxylic acids is 2. The number of aryl methyl sites for hydroxylation is 1. The van der Waals surface area contributed by atoms with Crippen molar-refractivity contribution in [2.24, 2.45) is 0 Å². The zero-order valence-electron chi connectivity index (χ0n) is 16.5. The summed E-state index contributed by atoms with van der Waals surface area (Å²) in [5, 5.41) is 0. The van der Waals surface area contributed by atoms with Gasteiger partial charge in [0.15, 0.2) is 0 Å². The van der Waals surface area contributed by atoms with Crippen LogP contribution in [0.15, 0.2) is 65.5 Å². The fourth-order valence-corrected chi connectivity index (χ4v) is 3.17. The number of methoxy groups -OCH3 is 1. The number of carbonyl (C=O) groups is 2. The molecule has 1 aliphatic heterocycles. The van der Waals surface area contributed by atoms with Gasteiger partial charge in [-0.05, 0) is 56.7 Å². The Bertz CT molecular complexity index is 953. The number of ketones is 1. The highest BCUT2D eigenvalue weighted by atomic mass is 16.5. The summed E-state index contributed by atoms with van der Waals surface area (Å²) in [6, 6.07) is 15.3. The van der Waals surface area contributed by atoms with Gasteiger partial charge in [-0.15, -0.1) is 0 Å². The van der Waals surface area contributed by atoms with Gasteiger partial charge in [0.1, 0.15) is 11.3 Å². The molecule has 3 rings (SSSR count). The molecule has 0 bridgehead atoms. The summed E-state index contributed by atoms with van der Waals surface area (Å²) in [5.74, 6) is -0.212. The quantitative estimate of drug-likeness (QED) is 0.442. The van der Waals surface area contributed by atoms with Crippen LogP contribution >= 0.6 is 0 Å². The smallest absolute Gasteiger partial charge is 0.343 e. The minimum atomic E-state index is -0.630. The van der Waals surface area contributed by atoms with Crippen molar-refractivity contribution in [3.8, 4) is 5.75 Å². The van der Waals surface area contributed by atoms with Crippen LogP contribution in [0.2, 0.25) is 0 Å². The van der Waals surface area contributed by atoms with Crippen molar-refractivity contribution in [2.75, 3.05) is 18.6 Å². The van der Waals surface area contributed by atoms with Crippen molar-refractivity contribution >= 4 is 23.5 Å². The van der Waals surface area contributed by atoms with Gasteiger partial charge in [0.2, 0.25) is 5.78 Å². The van der Waals surface area contributed by atoms with Gasteiger partial charge in [0.05, 0.1) is 19.4 Å². The van der Waals surface area contributed by atoms with Crippen LogP contribution in [0.5, 0.6) is 5.75 Å². The number of rotatable bonds is 5. The lowest BCUT2D eigenvalue weighted by atomic mass is 10.1. The molecule has 0 unspecified atom stereocenters. The summed E-state index contributed by atoms with van der Waals surface area (Å²) in [6.45, 7) is 6.27. The standard InChI is InChI=1S/C23H23NO4/c1-5-28-19-12-8-17(9-13-19)14-20-22(25)21(23(26)27-4)16(3)24(20)18-10-6-15(2)7-11-18/h6-14H,5H2,1-4H3. The van der Waals surface area contributed by atoms with Gasteiger partial charge in [-0.2, -0.15) is 0 Å². The van der Waals surface area contributed by atoms with Crippen molar-refractivity contribution in [1.82, 2.24) is 0 Å². The minimum Gasteiger partial charge on any atom is -0.494 e. The summed E-state index contributed by atoms with van der Waals surface area (Å²) in [6.07, 6.45) is 1.78. The highest BCUT2D eigenvalue weighted by Gasteiger charge is 2.38. The zero-order chi connectivity index (χ0) is 20.3. The van der Waals surface area contributed by atoms with E-state index in [0.717, 1.165) is 22.6 Å². The molecule has 2 aromatic rings. The topological polar surface area (TPSA) is 55.8 Å². The molecular weight excluding hydrogens is 354 g/mol. The molecule has 1 heterocycles. The molecule has 1 aliphatic rings. The van der Waals surface area contributed by atoms with Crippen molar-refractivity contribution in [3.05, 3.63) is 76.6 Å². The third kappa shape index (κ3) is 3.69. The lowest BCUT2D eigenvalue weighted by molar-refractivity contribution is -0.137. The van der Waals surface area contributed by atoms with E-state index < -0.39 is 5.97 Å². The lowest BCUT2D eigenvalue weighted by Gasteiger charge is -2.21. The van der Waals surface area contributed by atoms with Gasteiger partial charge in [-0.25, -0.2) is 4.79 Å². The van der Waals surface area contributed by atoms with Crippen LogP contribution in [-0.4, -0.2) is 25.5 Å². The first-order valence-electron chi connectivity index (χ1n) is 9.11. The Morgan fingerprint density at radius 1 is 1.04 bits per heavy atom. The molecule has 5 heteroatoms. The Hall–Kier alpha value is -3.34. The van der Waals surface area contributed by atoms with Crippen LogP contribution in [0.4, 0.5) is 5.69 Å². The van der Waals surface area contributed by atoms with Gasteiger partial charge in [-0.3, -0.25) is 4.79 Å². The molecule has 2 aromatic carbocycles. The van der Waals surface area contributed by atoms with Crippen LogP contribution in [0.1, 0.15) is 25.0 Å². The number of anilines is 1. The maximum Gasteiger partial charge on any atom is 0.343 e. The van der Waals surface area contributed by atoms with E-state index in [9.17, 15) is 9.59 Å². The fraction of sp³-hybridized carbons (Fsp3) is 0.217. The van der Waals surface area contributed by atoms with Crippen molar-refractivity contribution in [2.45, 2.75) is 20.8 Å². The van der Waals surface area contributed by atoms with Crippen molar-refractivity contribution < 1.29 is 19.1 Å².